The Labute approximate surface area is 233 Å². The number of H-pyrrole nitrogens is 1. The quantitative estimate of drug-likeness (QED) is 0.339. The molecule has 2 aliphatic carbocycles. The van der Waals surface area contributed by atoms with Crippen LogP contribution in [0.5, 0.6) is 11.5 Å². The lowest BCUT2D eigenvalue weighted by Crippen LogP contribution is -2.37. The topological polar surface area (TPSA) is 69.1 Å². The molecule has 6 unspecified atom stereocenters. The Bertz CT molecular complexity index is 1290. The van der Waals surface area contributed by atoms with E-state index in [4.69, 9.17) is 9.47 Å². The highest BCUT2D eigenvalue weighted by molar-refractivity contribution is 5.68. The molecule has 6 nitrogen and oxygen atoms in total. The molecular weight excluding hydrogens is 486 g/mol. The van der Waals surface area contributed by atoms with Crippen LogP contribution in [0.25, 0.3) is 17.1 Å². The second kappa shape index (κ2) is 11.4. The van der Waals surface area contributed by atoms with Gasteiger partial charge in [0.1, 0.15) is 29.4 Å². The van der Waals surface area contributed by atoms with Gasteiger partial charge in [-0.3, -0.25) is 9.36 Å². The van der Waals surface area contributed by atoms with Crippen molar-refractivity contribution in [3.63, 3.8) is 0 Å². The van der Waals surface area contributed by atoms with E-state index < -0.39 is 0 Å². The molecule has 2 aliphatic heterocycles. The minimum Gasteiger partial charge on any atom is -0.490 e. The number of hydrogen-bond acceptors (Lipinski definition) is 4. The van der Waals surface area contributed by atoms with Crippen molar-refractivity contribution in [2.45, 2.75) is 99.2 Å². The van der Waals surface area contributed by atoms with Crippen LogP contribution in [0.4, 0.5) is 0 Å². The Hall–Kier alpha value is -2.76. The molecule has 0 amide bonds. The van der Waals surface area contributed by atoms with Gasteiger partial charge in [0.25, 0.3) is 5.56 Å². The fraction of sp³-hybridized carbons (Fsp3) is 0.636. The van der Waals surface area contributed by atoms with Crippen LogP contribution in [0.3, 0.4) is 0 Å². The van der Waals surface area contributed by atoms with E-state index in [2.05, 4.69) is 69.7 Å². The molecule has 39 heavy (non-hydrogen) atoms. The minimum atomic E-state index is -0.0882. The minimum absolute atomic E-state index is 0.0882. The number of nitrogens with zero attached hydrogens (tertiary/aromatic N) is 2. The molecule has 6 heteroatoms. The van der Waals surface area contributed by atoms with Crippen molar-refractivity contribution in [2.75, 3.05) is 0 Å². The summed E-state index contributed by atoms with van der Waals surface area (Å²) in [7, 11) is 0. The molecule has 0 spiro atoms. The van der Waals surface area contributed by atoms with Gasteiger partial charge in [-0.1, -0.05) is 54.4 Å². The van der Waals surface area contributed by atoms with Gasteiger partial charge in [-0.25, -0.2) is 4.98 Å². The molecule has 0 aromatic heterocycles. The molecule has 212 valence electrons. The van der Waals surface area contributed by atoms with Crippen molar-refractivity contribution in [3.8, 4) is 28.6 Å². The molecule has 0 bridgehead atoms. The van der Waals surface area contributed by atoms with E-state index >= 15 is 0 Å². The number of rotatable bonds is 7. The van der Waals surface area contributed by atoms with E-state index in [1.165, 1.54) is 25.7 Å². The van der Waals surface area contributed by atoms with Gasteiger partial charge in [0, 0.05) is 24.0 Å². The van der Waals surface area contributed by atoms with Crippen molar-refractivity contribution in [1.29, 1.82) is 0 Å². The zero-order valence-electron chi connectivity index (χ0n) is 24.9. The van der Waals surface area contributed by atoms with E-state index in [0.29, 0.717) is 47.0 Å². The van der Waals surface area contributed by atoms with Crippen molar-refractivity contribution >= 4 is 0 Å². The monoisotopic (exact) mass is 533 g/mol. The third-order valence-corrected chi connectivity index (χ3v) is 9.40. The first-order chi connectivity index (χ1) is 18.6. The maximum atomic E-state index is 12.7. The summed E-state index contributed by atoms with van der Waals surface area (Å²) in [5.74, 6) is 5.85. The van der Waals surface area contributed by atoms with Crippen molar-refractivity contribution in [2.24, 2.45) is 35.5 Å². The number of imidazole rings is 1. The Kier molecular flexibility index (Phi) is 8.11. The Morgan fingerprint density at radius 3 is 2.15 bits per heavy atom. The van der Waals surface area contributed by atoms with Crippen molar-refractivity contribution in [1.82, 2.24) is 14.5 Å². The van der Waals surface area contributed by atoms with Gasteiger partial charge in [-0.05, 0) is 80.2 Å². The van der Waals surface area contributed by atoms with Gasteiger partial charge in [0.15, 0.2) is 5.82 Å². The van der Waals surface area contributed by atoms with Crippen LogP contribution in [0.15, 0.2) is 35.4 Å². The SMILES string of the molecule is Cc1nc2c[nH]c(-c3ccc(OC4CC(C)CCC4C(C)C)cc3OC3CC(C)CCC3C(C)C)cn-2c1=O. The second-order valence-electron chi connectivity index (χ2n) is 13.2. The van der Waals surface area contributed by atoms with E-state index in [-0.39, 0.29) is 17.8 Å². The molecule has 1 aromatic rings. The van der Waals surface area contributed by atoms with Crippen LogP contribution < -0.4 is 15.0 Å². The summed E-state index contributed by atoms with van der Waals surface area (Å²) in [5, 5.41) is 0. The summed E-state index contributed by atoms with van der Waals surface area (Å²) in [4.78, 5) is 20.4. The Morgan fingerprint density at radius 2 is 1.54 bits per heavy atom. The number of ether oxygens (including phenoxy) is 2. The average molecular weight is 534 g/mol. The fourth-order valence-corrected chi connectivity index (χ4v) is 6.97. The third kappa shape index (κ3) is 5.90. The maximum absolute atomic E-state index is 12.7. The summed E-state index contributed by atoms with van der Waals surface area (Å²) in [5.41, 5.74) is 2.18. The number of aromatic amines is 1. The zero-order valence-corrected chi connectivity index (χ0v) is 24.9. The van der Waals surface area contributed by atoms with Gasteiger partial charge in [0.2, 0.25) is 0 Å². The number of benzene rings is 1. The van der Waals surface area contributed by atoms with Gasteiger partial charge in [-0.2, -0.15) is 0 Å². The van der Waals surface area contributed by atoms with Gasteiger partial charge in [-0.15, -0.1) is 0 Å². The average Bonchev–Trinajstić information content (AvgIpc) is 3.16. The van der Waals surface area contributed by atoms with Gasteiger partial charge >= 0.3 is 0 Å². The highest BCUT2D eigenvalue weighted by Gasteiger charge is 2.34. The standard InChI is InChI=1S/C33H47N3O3/c1-19(2)25-11-8-21(5)14-29(25)38-24-10-13-27(28-18-36-32(17-34-28)35-23(7)33(36)37)31(16-24)39-30-15-22(6)9-12-26(30)20(3)4/h10,13,16-22,25-26,29-30,34H,8-9,11-12,14-15H2,1-7H3. The Morgan fingerprint density at radius 1 is 0.923 bits per heavy atom. The maximum Gasteiger partial charge on any atom is 0.277 e. The van der Waals surface area contributed by atoms with E-state index in [0.717, 1.165) is 35.6 Å². The number of fused-ring (bicyclic) bond motifs is 1. The highest BCUT2D eigenvalue weighted by Crippen LogP contribution is 2.41. The lowest BCUT2D eigenvalue weighted by molar-refractivity contribution is 0.0411. The smallest absolute Gasteiger partial charge is 0.277 e. The first-order valence-corrected chi connectivity index (χ1v) is 15.2. The third-order valence-electron chi connectivity index (χ3n) is 9.40. The van der Waals surface area contributed by atoms with Crippen LogP contribution in [-0.4, -0.2) is 26.7 Å². The van der Waals surface area contributed by atoms with Crippen LogP contribution in [0.1, 0.15) is 85.8 Å². The van der Waals surface area contributed by atoms with E-state index in [1.54, 1.807) is 17.7 Å². The molecule has 2 saturated carbocycles. The molecule has 5 rings (SSSR count). The largest absolute Gasteiger partial charge is 0.490 e. The summed E-state index contributed by atoms with van der Waals surface area (Å²) in [6.07, 6.45) is 11.1. The number of nitrogens with one attached hydrogen (secondary N) is 1. The Balaban J connectivity index is 1.53. The fourth-order valence-electron chi connectivity index (χ4n) is 6.97. The lowest BCUT2D eigenvalue weighted by Gasteiger charge is -2.38. The van der Waals surface area contributed by atoms with Crippen LogP contribution in [0.2, 0.25) is 0 Å². The normalized spacial score (nSPS) is 27.8. The molecule has 2 heterocycles. The van der Waals surface area contributed by atoms with Gasteiger partial charge < -0.3 is 14.5 Å². The molecule has 1 aromatic carbocycles. The summed E-state index contributed by atoms with van der Waals surface area (Å²) < 4.78 is 15.3. The van der Waals surface area contributed by atoms with Crippen LogP contribution >= 0.6 is 0 Å². The summed E-state index contributed by atoms with van der Waals surface area (Å²) in [6.45, 7) is 15.7. The van der Waals surface area contributed by atoms with Crippen LogP contribution in [0, 0.1) is 42.4 Å². The molecular formula is C33H47N3O3. The number of aryl methyl sites for hydroxylation is 1. The molecule has 1 N–H and O–H groups in total. The zero-order chi connectivity index (χ0) is 27.8. The molecule has 0 saturated heterocycles. The van der Waals surface area contributed by atoms with E-state index in [9.17, 15) is 4.79 Å². The molecule has 6 atom stereocenters. The predicted octanol–water partition coefficient (Wildman–Crippen LogP) is 7.65. The molecule has 2 fully saturated rings. The van der Waals surface area contributed by atoms with Crippen molar-refractivity contribution < 1.29 is 9.47 Å². The molecule has 4 aliphatic rings. The van der Waals surface area contributed by atoms with Crippen molar-refractivity contribution in [3.05, 3.63) is 46.6 Å². The lowest BCUT2D eigenvalue weighted by atomic mass is 9.75. The predicted molar refractivity (Wildman–Crippen MR) is 157 cm³/mol. The first kappa shape index (κ1) is 27.8. The van der Waals surface area contributed by atoms with Crippen LogP contribution in [-0.2, 0) is 0 Å². The number of hydrogen-bond donors (Lipinski definition) is 1. The van der Waals surface area contributed by atoms with E-state index in [1.807, 2.05) is 6.20 Å². The second-order valence-corrected chi connectivity index (χ2v) is 13.2. The molecule has 0 radical (unpaired) electrons. The highest BCUT2D eigenvalue weighted by atomic mass is 16.5. The van der Waals surface area contributed by atoms with Gasteiger partial charge in [0.05, 0.1) is 5.69 Å². The number of aromatic nitrogens is 3. The first-order valence-electron chi connectivity index (χ1n) is 15.2. The summed E-state index contributed by atoms with van der Waals surface area (Å²) >= 11 is 0. The summed E-state index contributed by atoms with van der Waals surface area (Å²) in [6, 6.07) is 6.25.